The van der Waals surface area contributed by atoms with Crippen molar-refractivity contribution in [2.75, 3.05) is 13.1 Å². The van der Waals surface area contributed by atoms with Gasteiger partial charge < -0.3 is 14.6 Å². The van der Waals surface area contributed by atoms with E-state index in [0.717, 1.165) is 48.7 Å². The van der Waals surface area contributed by atoms with Crippen molar-refractivity contribution < 1.29 is 9.26 Å². The van der Waals surface area contributed by atoms with E-state index in [4.69, 9.17) is 9.26 Å². The Morgan fingerprint density at radius 1 is 1.19 bits per heavy atom. The van der Waals surface area contributed by atoms with Crippen LogP contribution in [0.1, 0.15) is 24.3 Å². The fraction of sp³-hybridized carbons (Fsp3) is 0.350. The standard InChI is InChI=1S/C20H22N4O2/c1-2-16(13-21-10-1)14-25-18-6-4-17(5-7-18)20-23-19(26-24-20)8-3-15-9-11-22-12-15/h1-2,4-7,10,13,15,22H,3,8-9,11-12,14H2. The highest BCUT2D eigenvalue weighted by Crippen LogP contribution is 2.22. The lowest BCUT2D eigenvalue weighted by molar-refractivity contribution is 0.306. The molecule has 3 heterocycles. The Balaban J connectivity index is 1.33. The van der Waals surface area contributed by atoms with Crippen molar-refractivity contribution in [3.8, 4) is 17.1 Å². The second kappa shape index (κ2) is 8.10. The largest absolute Gasteiger partial charge is 0.489 e. The first-order chi connectivity index (χ1) is 12.9. The van der Waals surface area contributed by atoms with Crippen LogP contribution in [0.2, 0.25) is 0 Å². The summed E-state index contributed by atoms with van der Waals surface area (Å²) in [5.41, 5.74) is 1.97. The summed E-state index contributed by atoms with van der Waals surface area (Å²) in [6.45, 7) is 2.71. The molecule has 26 heavy (non-hydrogen) atoms. The van der Waals surface area contributed by atoms with Crippen molar-refractivity contribution in [1.82, 2.24) is 20.4 Å². The number of rotatable bonds is 7. The fourth-order valence-corrected chi connectivity index (χ4v) is 3.11. The molecule has 6 nitrogen and oxygen atoms in total. The number of aromatic nitrogens is 3. The lowest BCUT2D eigenvalue weighted by Crippen LogP contribution is -2.09. The summed E-state index contributed by atoms with van der Waals surface area (Å²) in [4.78, 5) is 8.60. The first kappa shape index (κ1) is 16.7. The Morgan fingerprint density at radius 3 is 2.88 bits per heavy atom. The van der Waals surface area contributed by atoms with E-state index in [1.54, 1.807) is 12.4 Å². The molecule has 1 fully saturated rings. The zero-order chi connectivity index (χ0) is 17.6. The van der Waals surface area contributed by atoms with E-state index in [0.29, 0.717) is 18.3 Å². The van der Waals surface area contributed by atoms with Gasteiger partial charge in [-0.1, -0.05) is 11.2 Å². The van der Waals surface area contributed by atoms with Gasteiger partial charge in [0, 0.05) is 29.9 Å². The van der Waals surface area contributed by atoms with Gasteiger partial charge in [0.25, 0.3) is 0 Å². The Morgan fingerprint density at radius 2 is 2.12 bits per heavy atom. The molecule has 0 aliphatic carbocycles. The molecule has 6 heteroatoms. The molecule has 134 valence electrons. The van der Waals surface area contributed by atoms with Crippen molar-refractivity contribution in [2.24, 2.45) is 5.92 Å². The molecule has 3 aromatic rings. The van der Waals surface area contributed by atoms with Crippen LogP contribution in [0.15, 0.2) is 53.3 Å². The molecule has 1 atom stereocenters. The average Bonchev–Trinajstić information content (AvgIpc) is 3.38. The minimum atomic E-state index is 0.496. The van der Waals surface area contributed by atoms with Gasteiger partial charge in [0.15, 0.2) is 0 Å². The highest BCUT2D eigenvalue weighted by Gasteiger charge is 2.16. The smallest absolute Gasteiger partial charge is 0.226 e. The zero-order valence-corrected chi connectivity index (χ0v) is 14.6. The van der Waals surface area contributed by atoms with Gasteiger partial charge in [0.2, 0.25) is 11.7 Å². The second-order valence-electron chi connectivity index (χ2n) is 6.58. The summed E-state index contributed by atoms with van der Waals surface area (Å²) >= 11 is 0. The summed E-state index contributed by atoms with van der Waals surface area (Å²) < 4.78 is 11.2. The second-order valence-corrected chi connectivity index (χ2v) is 6.58. The molecule has 1 unspecified atom stereocenters. The van der Waals surface area contributed by atoms with Crippen LogP contribution in [0.3, 0.4) is 0 Å². The van der Waals surface area contributed by atoms with Crippen molar-refractivity contribution >= 4 is 0 Å². The lowest BCUT2D eigenvalue weighted by Gasteiger charge is -2.06. The quantitative estimate of drug-likeness (QED) is 0.705. The minimum Gasteiger partial charge on any atom is -0.489 e. The van der Waals surface area contributed by atoms with Crippen LogP contribution in [0, 0.1) is 5.92 Å². The van der Waals surface area contributed by atoms with Crippen LogP contribution in [0.4, 0.5) is 0 Å². The Bertz CT molecular complexity index is 811. The summed E-state index contributed by atoms with van der Waals surface area (Å²) in [5, 5.41) is 7.49. The van der Waals surface area contributed by atoms with Crippen LogP contribution in [-0.2, 0) is 13.0 Å². The molecule has 1 aromatic carbocycles. The molecule has 1 aliphatic heterocycles. The Labute approximate surface area is 152 Å². The van der Waals surface area contributed by atoms with Gasteiger partial charge >= 0.3 is 0 Å². The minimum absolute atomic E-state index is 0.496. The topological polar surface area (TPSA) is 73.1 Å². The number of hydrogen-bond donors (Lipinski definition) is 1. The summed E-state index contributed by atoms with van der Waals surface area (Å²) in [6.07, 6.45) is 6.72. The maximum Gasteiger partial charge on any atom is 0.226 e. The number of aryl methyl sites for hydroxylation is 1. The van der Waals surface area contributed by atoms with Crippen LogP contribution in [0.5, 0.6) is 5.75 Å². The van der Waals surface area contributed by atoms with E-state index < -0.39 is 0 Å². The molecule has 0 spiro atoms. The summed E-state index contributed by atoms with van der Waals surface area (Å²) in [5.74, 6) is 2.86. The van der Waals surface area contributed by atoms with Crippen LogP contribution in [0.25, 0.3) is 11.4 Å². The summed E-state index contributed by atoms with van der Waals surface area (Å²) in [7, 11) is 0. The number of ether oxygens (including phenoxy) is 1. The third-order valence-corrected chi connectivity index (χ3v) is 4.64. The molecule has 0 amide bonds. The van der Waals surface area contributed by atoms with Gasteiger partial charge in [-0.2, -0.15) is 4.98 Å². The predicted octanol–water partition coefficient (Wildman–Crippen LogP) is 3.25. The van der Waals surface area contributed by atoms with Gasteiger partial charge in [-0.15, -0.1) is 0 Å². The maximum atomic E-state index is 5.77. The third kappa shape index (κ3) is 4.26. The highest BCUT2D eigenvalue weighted by atomic mass is 16.5. The zero-order valence-electron chi connectivity index (χ0n) is 14.6. The summed E-state index contributed by atoms with van der Waals surface area (Å²) in [6, 6.07) is 11.6. The van der Waals surface area contributed by atoms with Crippen molar-refractivity contribution in [2.45, 2.75) is 25.9 Å². The van der Waals surface area contributed by atoms with Crippen molar-refractivity contribution in [1.29, 1.82) is 0 Å². The molecular formula is C20H22N4O2. The number of nitrogens with zero attached hydrogens (tertiary/aromatic N) is 3. The van der Waals surface area contributed by atoms with E-state index in [-0.39, 0.29) is 0 Å². The molecule has 0 saturated carbocycles. The van der Waals surface area contributed by atoms with E-state index in [9.17, 15) is 0 Å². The van der Waals surface area contributed by atoms with Gasteiger partial charge in [-0.05, 0) is 62.2 Å². The number of benzene rings is 1. The van der Waals surface area contributed by atoms with Crippen molar-refractivity contribution in [3.63, 3.8) is 0 Å². The number of nitrogens with one attached hydrogen (secondary N) is 1. The molecule has 1 saturated heterocycles. The fourth-order valence-electron chi connectivity index (χ4n) is 3.11. The van der Waals surface area contributed by atoms with Gasteiger partial charge in [0.1, 0.15) is 12.4 Å². The van der Waals surface area contributed by atoms with E-state index in [1.807, 2.05) is 36.4 Å². The molecule has 2 aromatic heterocycles. The average molecular weight is 350 g/mol. The molecule has 0 radical (unpaired) electrons. The van der Waals surface area contributed by atoms with E-state index in [1.165, 1.54) is 6.42 Å². The van der Waals surface area contributed by atoms with Gasteiger partial charge in [-0.25, -0.2) is 0 Å². The monoisotopic (exact) mass is 350 g/mol. The molecular weight excluding hydrogens is 328 g/mol. The van der Waals surface area contributed by atoms with Crippen LogP contribution < -0.4 is 10.1 Å². The predicted molar refractivity (Wildman–Crippen MR) is 97.6 cm³/mol. The Kier molecular flexibility index (Phi) is 5.21. The first-order valence-corrected chi connectivity index (χ1v) is 9.02. The molecule has 1 aliphatic rings. The lowest BCUT2D eigenvalue weighted by atomic mass is 10.0. The maximum absolute atomic E-state index is 5.77. The molecule has 1 N–H and O–H groups in total. The SMILES string of the molecule is c1cncc(COc2ccc(-c3noc(CCC4CCNC4)n3)cc2)c1. The van der Waals surface area contributed by atoms with E-state index >= 15 is 0 Å². The van der Waals surface area contributed by atoms with E-state index in [2.05, 4.69) is 20.4 Å². The number of pyridine rings is 1. The molecule has 4 rings (SSSR count). The van der Waals surface area contributed by atoms with Crippen LogP contribution >= 0.6 is 0 Å². The van der Waals surface area contributed by atoms with Crippen molar-refractivity contribution in [3.05, 3.63) is 60.2 Å². The Hall–Kier alpha value is -2.73. The normalized spacial score (nSPS) is 16.7. The van der Waals surface area contributed by atoms with Gasteiger partial charge in [0.05, 0.1) is 0 Å². The highest BCUT2D eigenvalue weighted by molar-refractivity contribution is 5.55. The first-order valence-electron chi connectivity index (χ1n) is 9.02. The number of hydrogen-bond acceptors (Lipinski definition) is 6. The third-order valence-electron chi connectivity index (χ3n) is 4.64. The molecule has 0 bridgehead atoms. The van der Waals surface area contributed by atoms with Crippen LogP contribution in [-0.4, -0.2) is 28.2 Å². The van der Waals surface area contributed by atoms with Gasteiger partial charge in [-0.3, -0.25) is 4.98 Å².